The molecule has 1 aromatic heterocycles. The zero-order valence-electron chi connectivity index (χ0n) is 12.1. The number of aromatic nitrogens is 1. The summed E-state index contributed by atoms with van der Waals surface area (Å²) in [5.74, 6) is 0.661. The summed E-state index contributed by atoms with van der Waals surface area (Å²) in [6, 6.07) is 8.49. The van der Waals surface area contributed by atoms with Crippen LogP contribution in [0.3, 0.4) is 0 Å². The largest absolute Gasteiger partial charge is 0.333 e. The molecule has 1 saturated heterocycles. The lowest BCUT2D eigenvalue weighted by atomic mass is 10.1. The first kappa shape index (κ1) is 13.3. The summed E-state index contributed by atoms with van der Waals surface area (Å²) >= 11 is 1.75. The number of nitrogens with zero attached hydrogens (tertiary/aromatic N) is 2. The molecule has 1 aliphatic carbocycles. The van der Waals surface area contributed by atoms with Crippen LogP contribution in [-0.4, -0.2) is 22.3 Å². The monoisotopic (exact) mass is 300 g/mol. The maximum atomic E-state index is 12.7. The van der Waals surface area contributed by atoms with Crippen molar-refractivity contribution in [3.05, 3.63) is 29.3 Å². The van der Waals surface area contributed by atoms with Crippen molar-refractivity contribution in [2.45, 2.75) is 44.6 Å². The molecule has 4 rings (SSSR count). The van der Waals surface area contributed by atoms with E-state index in [1.54, 1.807) is 11.3 Å². The van der Waals surface area contributed by atoms with E-state index in [9.17, 15) is 4.79 Å². The van der Waals surface area contributed by atoms with Crippen LogP contribution < -0.4 is 0 Å². The van der Waals surface area contributed by atoms with Gasteiger partial charge in [-0.1, -0.05) is 25.0 Å². The van der Waals surface area contributed by atoms with Gasteiger partial charge in [-0.25, -0.2) is 4.98 Å². The molecule has 110 valence electrons. The van der Waals surface area contributed by atoms with Crippen LogP contribution in [0.1, 0.15) is 49.6 Å². The minimum atomic E-state index is 0.218. The van der Waals surface area contributed by atoms with Gasteiger partial charge < -0.3 is 4.90 Å². The van der Waals surface area contributed by atoms with Crippen molar-refractivity contribution in [2.24, 2.45) is 5.92 Å². The summed E-state index contributed by atoms with van der Waals surface area (Å²) in [6.45, 7) is 0.913. The van der Waals surface area contributed by atoms with Crippen LogP contribution in [0.15, 0.2) is 24.3 Å². The van der Waals surface area contributed by atoms with Gasteiger partial charge in [-0.2, -0.15) is 0 Å². The minimum absolute atomic E-state index is 0.218. The van der Waals surface area contributed by atoms with Crippen LogP contribution in [0.5, 0.6) is 0 Å². The van der Waals surface area contributed by atoms with E-state index in [2.05, 4.69) is 23.1 Å². The maximum absolute atomic E-state index is 12.7. The molecule has 4 heteroatoms. The van der Waals surface area contributed by atoms with E-state index in [1.165, 1.54) is 17.5 Å². The van der Waals surface area contributed by atoms with Gasteiger partial charge in [-0.15, -0.1) is 11.3 Å². The third-order valence-electron chi connectivity index (χ3n) is 4.84. The van der Waals surface area contributed by atoms with Crippen molar-refractivity contribution < 1.29 is 4.79 Å². The molecule has 21 heavy (non-hydrogen) atoms. The molecule has 3 nitrogen and oxygen atoms in total. The fourth-order valence-corrected chi connectivity index (χ4v) is 4.84. The van der Waals surface area contributed by atoms with E-state index in [-0.39, 0.29) is 12.0 Å². The van der Waals surface area contributed by atoms with Crippen molar-refractivity contribution in [1.29, 1.82) is 0 Å². The topological polar surface area (TPSA) is 33.2 Å². The zero-order chi connectivity index (χ0) is 14.2. The third-order valence-corrected chi connectivity index (χ3v) is 5.97. The Balaban J connectivity index is 1.62. The average Bonchev–Trinajstić information content (AvgIpc) is 3.24. The first-order valence-corrected chi connectivity index (χ1v) is 8.80. The van der Waals surface area contributed by atoms with Gasteiger partial charge in [0.15, 0.2) is 0 Å². The third kappa shape index (κ3) is 2.35. The first-order chi connectivity index (χ1) is 10.3. The van der Waals surface area contributed by atoms with E-state index in [1.807, 2.05) is 6.07 Å². The Kier molecular flexibility index (Phi) is 3.42. The molecule has 0 spiro atoms. The average molecular weight is 300 g/mol. The van der Waals surface area contributed by atoms with E-state index in [0.29, 0.717) is 5.91 Å². The number of carbonyl (C=O) groups is 1. The number of likely N-dealkylation sites (tertiary alicyclic amines) is 1. The lowest BCUT2D eigenvalue weighted by Crippen LogP contribution is -2.34. The van der Waals surface area contributed by atoms with Gasteiger partial charge >= 0.3 is 0 Å². The second kappa shape index (κ2) is 5.41. The van der Waals surface area contributed by atoms with Gasteiger partial charge in [0.2, 0.25) is 5.91 Å². The molecule has 1 saturated carbocycles. The number of hydrogen-bond acceptors (Lipinski definition) is 3. The van der Waals surface area contributed by atoms with E-state index < -0.39 is 0 Å². The molecule has 1 aliphatic heterocycles. The highest BCUT2D eigenvalue weighted by Gasteiger charge is 2.36. The Bertz CT molecular complexity index is 627. The van der Waals surface area contributed by atoms with E-state index in [0.717, 1.165) is 42.8 Å². The lowest BCUT2D eigenvalue weighted by Gasteiger charge is -2.26. The molecule has 1 atom stereocenters. The molecule has 0 bridgehead atoms. The maximum Gasteiger partial charge on any atom is 0.226 e. The molecule has 2 aliphatic rings. The fraction of sp³-hybridized carbons (Fsp3) is 0.529. The van der Waals surface area contributed by atoms with Gasteiger partial charge in [-0.3, -0.25) is 4.79 Å². The van der Waals surface area contributed by atoms with Gasteiger partial charge in [0, 0.05) is 12.5 Å². The summed E-state index contributed by atoms with van der Waals surface area (Å²) in [6.07, 6.45) is 6.78. The number of fused-ring (bicyclic) bond motifs is 1. The number of para-hydroxylation sites is 1. The van der Waals surface area contributed by atoms with Crippen LogP contribution in [0.4, 0.5) is 0 Å². The molecule has 0 unspecified atom stereocenters. The summed E-state index contributed by atoms with van der Waals surface area (Å²) < 4.78 is 1.23. The normalized spacial score (nSPS) is 23.2. The quantitative estimate of drug-likeness (QED) is 0.834. The van der Waals surface area contributed by atoms with Gasteiger partial charge in [-0.05, 0) is 37.8 Å². The Labute approximate surface area is 129 Å². The summed E-state index contributed by atoms with van der Waals surface area (Å²) in [5, 5.41) is 1.13. The van der Waals surface area contributed by atoms with E-state index in [4.69, 9.17) is 4.98 Å². The SMILES string of the molecule is O=C(C1CCCC1)N1CCC[C@H]1c1nc2ccccc2s1. The Morgan fingerprint density at radius 2 is 1.95 bits per heavy atom. The predicted molar refractivity (Wildman–Crippen MR) is 85.3 cm³/mol. The van der Waals surface area contributed by atoms with E-state index >= 15 is 0 Å². The van der Waals surface area contributed by atoms with Crippen molar-refractivity contribution >= 4 is 27.5 Å². The number of benzene rings is 1. The minimum Gasteiger partial charge on any atom is -0.333 e. The second-order valence-corrected chi connectivity index (χ2v) is 7.25. The van der Waals surface area contributed by atoms with Crippen molar-refractivity contribution in [2.75, 3.05) is 6.54 Å². The number of rotatable bonds is 2. The Morgan fingerprint density at radius 3 is 2.76 bits per heavy atom. The van der Waals surface area contributed by atoms with Crippen molar-refractivity contribution in [1.82, 2.24) is 9.88 Å². The van der Waals surface area contributed by atoms with Crippen LogP contribution in [-0.2, 0) is 4.79 Å². The molecule has 0 N–H and O–H groups in total. The Hall–Kier alpha value is -1.42. The number of amides is 1. The highest BCUT2D eigenvalue weighted by atomic mass is 32.1. The first-order valence-electron chi connectivity index (χ1n) is 7.99. The van der Waals surface area contributed by atoms with Gasteiger partial charge in [0.05, 0.1) is 16.3 Å². The zero-order valence-corrected chi connectivity index (χ0v) is 12.9. The predicted octanol–water partition coefficient (Wildman–Crippen LogP) is 4.15. The molecule has 1 amide bonds. The standard InChI is InChI=1S/C17H20N2OS/c20-17(12-6-1-2-7-12)19-11-5-9-14(19)16-18-13-8-3-4-10-15(13)21-16/h3-4,8,10,12,14H,1-2,5-7,9,11H2/t14-/m0/s1. The van der Waals surface area contributed by atoms with Crippen LogP contribution >= 0.6 is 11.3 Å². The fourth-order valence-electron chi connectivity index (χ4n) is 3.73. The molecule has 2 heterocycles. The highest BCUT2D eigenvalue weighted by molar-refractivity contribution is 7.18. The van der Waals surface area contributed by atoms with Gasteiger partial charge in [0.1, 0.15) is 5.01 Å². The van der Waals surface area contributed by atoms with Crippen LogP contribution in [0, 0.1) is 5.92 Å². The Morgan fingerprint density at radius 1 is 1.14 bits per heavy atom. The van der Waals surface area contributed by atoms with Crippen LogP contribution in [0.2, 0.25) is 0 Å². The molecular formula is C17H20N2OS. The second-order valence-electron chi connectivity index (χ2n) is 6.19. The summed E-state index contributed by atoms with van der Waals surface area (Å²) in [7, 11) is 0. The molecule has 2 fully saturated rings. The van der Waals surface area contributed by atoms with Crippen molar-refractivity contribution in [3.8, 4) is 0 Å². The number of hydrogen-bond donors (Lipinski definition) is 0. The highest BCUT2D eigenvalue weighted by Crippen LogP contribution is 2.38. The number of carbonyl (C=O) groups excluding carboxylic acids is 1. The lowest BCUT2D eigenvalue weighted by molar-refractivity contribution is -0.136. The smallest absolute Gasteiger partial charge is 0.226 e. The molecule has 0 radical (unpaired) electrons. The van der Waals surface area contributed by atoms with Crippen molar-refractivity contribution in [3.63, 3.8) is 0 Å². The molecular weight excluding hydrogens is 280 g/mol. The summed E-state index contributed by atoms with van der Waals surface area (Å²) in [4.78, 5) is 19.6. The van der Waals surface area contributed by atoms with Crippen LogP contribution in [0.25, 0.3) is 10.2 Å². The summed E-state index contributed by atoms with van der Waals surface area (Å²) in [5.41, 5.74) is 1.07. The number of thiazole rings is 1. The van der Waals surface area contributed by atoms with Gasteiger partial charge in [0.25, 0.3) is 0 Å². The molecule has 2 aromatic rings. The molecule has 1 aromatic carbocycles.